The molecule has 0 aliphatic heterocycles. The van der Waals surface area contributed by atoms with Crippen molar-refractivity contribution in [3.63, 3.8) is 0 Å². The average molecular weight is 533 g/mol. The van der Waals surface area contributed by atoms with E-state index in [2.05, 4.69) is 35.7 Å². The Kier molecular flexibility index (Phi) is 8.32. The lowest BCUT2D eigenvalue weighted by molar-refractivity contribution is -0.154. The van der Waals surface area contributed by atoms with E-state index in [-0.39, 0.29) is 15.7 Å². The van der Waals surface area contributed by atoms with Crippen molar-refractivity contribution in [1.29, 1.82) is 0 Å². The van der Waals surface area contributed by atoms with Crippen LogP contribution in [0.15, 0.2) is 34.6 Å². The lowest BCUT2D eigenvalue weighted by atomic mass is 10.1. The maximum atomic E-state index is 13.6. The molecule has 1 N–H and O–H groups in total. The van der Waals surface area contributed by atoms with Crippen LogP contribution >= 0.6 is 15.9 Å². The number of amides is 1. The zero-order chi connectivity index (χ0) is 24.1. The number of alkyl halides is 6. The molecular weight excluding hydrogens is 517 g/mol. The van der Waals surface area contributed by atoms with Gasteiger partial charge in [0.25, 0.3) is 0 Å². The van der Waals surface area contributed by atoms with E-state index >= 15 is 0 Å². The Morgan fingerprint density at radius 1 is 1.22 bits per heavy atom. The molecule has 1 heterocycles. The molecule has 0 bridgehead atoms. The first-order valence-electron chi connectivity index (χ1n) is 8.86. The monoisotopic (exact) mass is 532 g/mol. The van der Waals surface area contributed by atoms with Crippen LogP contribution in [0.4, 0.5) is 30.7 Å². The van der Waals surface area contributed by atoms with E-state index in [9.17, 15) is 35.5 Å². The molecule has 1 amide bonds. The van der Waals surface area contributed by atoms with Crippen LogP contribution in [0, 0.1) is 6.92 Å². The van der Waals surface area contributed by atoms with E-state index in [0.717, 1.165) is 18.2 Å². The number of nitrogens with one attached hydrogen (secondary N) is 1. The van der Waals surface area contributed by atoms with Gasteiger partial charge in [-0.1, -0.05) is 6.08 Å². The molecule has 1 aromatic heterocycles. The highest BCUT2D eigenvalue weighted by Gasteiger charge is 2.30. The number of allylic oxidation sites excluding steroid dienone is 2. The molecule has 13 heteroatoms. The number of aromatic nitrogens is 1. The minimum Gasteiger partial charge on any atom is -0.484 e. The van der Waals surface area contributed by atoms with Crippen molar-refractivity contribution in [3.8, 4) is 11.6 Å². The minimum absolute atomic E-state index is 0.0353. The summed E-state index contributed by atoms with van der Waals surface area (Å²) in [6, 6.07) is 0.152. The van der Waals surface area contributed by atoms with Crippen molar-refractivity contribution < 1.29 is 45.0 Å². The Bertz CT molecular complexity index is 940. The SMILES string of the molecule is Cc1c(OCC(F)(F)F)cc(OCC(F)(F)F)nc1/C=C\C(=O)NC1C=C(F)C(Br)=CC1. The van der Waals surface area contributed by atoms with Gasteiger partial charge in [0.15, 0.2) is 13.2 Å². The largest absolute Gasteiger partial charge is 0.484 e. The van der Waals surface area contributed by atoms with Crippen molar-refractivity contribution in [2.75, 3.05) is 13.2 Å². The highest BCUT2D eigenvalue weighted by Crippen LogP contribution is 2.29. The number of pyridine rings is 1. The summed E-state index contributed by atoms with van der Waals surface area (Å²) in [6.45, 7) is -2.11. The van der Waals surface area contributed by atoms with Crippen molar-refractivity contribution >= 4 is 27.9 Å². The van der Waals surface area contributed by atoms with Crippen LogP contribution in [0.25, 0.3) is 6.08 Å². The average Bonchev–Trinajstić information content (AvgIpc) is 2.66. The molecule has 0 saturated carbocycles. The Hall–Kier alpha value is -2.57. The maximum absolute atomic E-state index is 13.6. The van der Waals surface area contributed by atoms with Crippen LogP contribution in [0.1, 0.15) is 17.7 Å². The summed E-state index contributed by atoms with van der Waals surface area (Å²) in [7, 11) is 0. The molecule has 32 heavy (non-hydrogen) atoms. The molecule has 1 unspecified atom stereocenters. The molecule has 0 aromatic carbocycles. The Labute approximate surface area is 186 Å². The second-order valence-corrected chi connectivity index (χ2v) is 7.38. The van der Waals surface area contributed by atoms with Crippen molar-refractivity contribution in [3.05, 3.63) is 45.9 Å². The van der Waals surface area contributed by atoms with Gasteiger partial charge in [-0.25, -0.2) is 9.37 Å². The van der Waals surface area contributed by atoms with Crippen molar-refractivity contribution in [2.24, 2.45) is 0 Å². The smallest absolute Gasteiger partial charge is 0.422 e. The predicted octanol–water partition coefficient (Wildman–Crippen LogP) is 5.31. The molecule has 1 aromatic rings. The second kappa shape index (κ2) is 10.4. The van der Waals surface area contributed by atoms with Crippen LogP contribution in [-0.4, -0.2) is 42.5 Å². The topological polar surface area (TPSA) is 60.5 Å². The summed E-state index contributed by atoms with van der Waals surface area (Å²) >= 11 is 3.00. The number of carbonyl (C=O) groups is 1. The molecule has 2 rings (SSSR count). The summed E-state index contributed by atoms with van der Waals surface area (Å²) in [5.74, 6) is -2.31. The van der Waals surface area contributed by atoms with Gasteiger partial charge in [-0.3, -0.25) is 4.79 Å². The molecular formula is C19H16BrF7N2O3. The lowest BCUT2D eigenvalue weighted by Gasteiger charge is -2.16. The third-order valence-corrected chi connectivity index (χ3v) is 4.56. The molecule has 1 aliphatic rings. The van der Waals surface area contributed by atoms with Gasteiger partial charge < -0.3 is 14.8 Å². The van der Waals surface area contributed by atoms with Gasteiger partial charge in [0, 0.05) is 22.2 Å². The fourth-order valence-corrected chi connectivity index (χ4v) is 2.74. The third-order valence-electron chi connectivity index (χ3n) is 3.86. The minimum atomic E-state index is -4.71. The van der Waals surface area contributed by atoms with Gasteiger partial charge in [0.05, 0.1) is 11.7 Å². The highest BCUT2D eigenvalue weighted by molar-refractivity contribution is 9.11. The number of ether oxygens (including phenoxy) is 2. The normalized spacial score (nSPS) is 17.1. The van der Waals surface area contributed by atoms with Crippen molar-refractivity contribution in [2.45, 2.75) is 31.7 Å². The van der Waals surface area contributed by atoms with E-state index in [4.69, 9.17) is 0 Å². The zero-order valence-electron chi connectivity index (χ0n) is 16.3. The molecule has 0 radical (unpaired) electrons. The van der Waals surface area contributed by atoms with Crippen LogP contribution in [0.3, 0.4) is 0 Å². The Morgan fingerprint density at radius 3 is 2.44 bits per heavy atom. The summed E-state index contributed by atoms with van der Waals surface area (Å²) in [5, 5.41) is 2.48. The first-order chi connectivity index (χ1) is 14.7. The quantitative estimate of drug-likeness (QED) is 0.382. The molecule has 5 nitrogen and oxygen atoms in total. The van der Waals surface area contributed by atoms with Gasteiger partial charge in [0.2, 0.25) is 11.8 Å². The van der Waals surface area contributed by atoms with E-state index in [1.165, 1.54) is 19.1 Å². The molecule has 1 atom stereocenters. The predicted molar refractivity (Wildman–Crippen MR) is 104 cm³/mol. The van der Waals surface area contributed by atoms with Gasteiger partial charge in [-0.2, -0.15) is 26.3 Å². The van der Waals surface area contributed by atoms with Gasteiger partial charge in [-0.15, -0.1) is 0 Å². The van der Waals surface area contributed by atoms with Crippen LogP contribution in [0.2, 0.25) is 0 Å². The second-order valence-electron chi connectivity index (χ2n) is 6.53. The number of hydrogen-bond donors (Lipinski definition) is 1. The standard InChI is InChI=1S/C19H16BrF7N2O3/c1-10-14(4-5-16(30)28-11-2-3-12(20)13(21)6-11)29-17(32-9-19(25,26)27)7-15(10)31-8-18(22,23)24/h3-7,11H,2,8-9H2,1H3,(H,28,30)/b5-4-. The first-order valence-corrected chi connectivity index (χ1v) is 9.65. The molecule has 176 valence electrons. The van der Waals surface area contributed by atoms with Crippen molar-refractivity contribution in [1.82, 2.24) is 10.3 Å². The number of carbonyl (C=O) groups excluding carboxylic acids is 1. The zero-order valence-corrected chi connectivity index (χ0v) is 17.9. The summed E-state index contributed by atoms with van der Waals surface area (Å²) in [4.78, 5) is 15.9. The highest BCUT2D eigenvalue weighted by atomic mass is 79.9. The number of halogens is 8. The van der Waals surface area contributed by atoms with Gasteiger partial charge in [0.1, 0.15) is 11.6 Å². The number of rotatable bonds is 7. The summed E-state index contributed by atoms with van der Waals surface area (Å²) < 4.78 is 97.6. The van der Waals surface area contributed by atoms with Crippen LogP contribution in [-0.2, 0) is 4.79 Å². The fourth-order valence-electron chi connectivity index (χ4n) is 2.42. The third kappa shape index (κ3) is 8.52. The lowest BCUT2D eigenvalue weighted by Crippen LogP contribution is -2.32. The molecule has 0 spiro atoms. The van der Waals surface area contributed by atoms with Crippen LogP contribution in [0.5, 0.6) is 11.6 Å². The van der Waals surface area contributed by atoms with E-state index < -0.39 is 55.0 Å². The summed E-state index contributed by atoms with van der Waals surface area (Å²) in [5.41, 5.74) is -0.113. The van der Waals surface area contributed by atoms with Crippen LogP contribution < -0.4 is 14.8 Å². The number of hydrogen-bond acceptors (Lipinski definition) is 4. The molecule has 1 aliphatic carbocycles. The summed E-state index contributed by atoms with van der Waals surface area (Å²) in [6.07, 6.45) is -4.38. The Morgan fingerprint density at radius 2 is 1.84 bits per heavy atom. The van der Waals surface area contributed by atoms with Gasteiger partial charge >= 0.3 is 12.4 Å². The number of nitrogens with zero attached hydrogens (tertiary/aromatic N) is 1. The molecule has 0 saturated heterocycles. The van der Waals surface area contributed by atoms with E-state index in [1.54, 1.807) is 0 Å². The molecule has 0 fully saturated rings. The first kappa shape index (κ1) is 25.7. The van der Waals surface area contributed by atoms with E-state index in [0.29, 0.717) is 6.42 Å². The van der Waals surface area contributed by atoms with E-state index in [1.807, 2.05) is 0 Å². The Balaban J connectivity index is 2.20. The fraction of sp³-hybridized carbons (Fsp3) is 0.368. The van der Waals surface area contributed by atoms with Gasteiger partial charge in [-0.05, 0) is 41.4 Å². The maximum Gasteiger partial charge on any atom is 0.422 e.